The number of carbonyl (C=O) groups excluding carboxylic acids is 1. The lowest BCUT2D eigenvalue weighted by Crippen LogP contribution is -2.32. The zero-order valence-corrected chi connectivity index (χ0v) is 12.1. The first-order valence-electron chi connectivity index (χ1n) is 6.21. The molecule has 0 saturated heterocycles. The quantitative estimate of drug-likeness (QED) is 0.623. The molecule has 1 rings (SSSR count). The fraction of sp³-hybridized carbons (Fsp3) is 0.462. The van der Waals surface area contributed by atoms with E-state index in [-0.39, 0.29) is 22.8 Å². The molecule has 1 aromatic carbocycles. The van der Waals surface area contributed by atoms with Gasteiger partial charge in [-0.15, -0.1) is 0 Å². The second kappa shape index (κ2) is 7.21. The van der Waals surface area contributed by atoms with Gasteiger partial charge in [-0.2, -0.15) is 0 Å². The van der Waals surface area contributed by atoms with Crippen LogP contribution in [0.1, 0.15) is 30.6 Å². The minimum atomic E-state index is -0.618. The second-order valence-electron chi connectivity index (χ2n) is 4.92. The average molecular weight is 301 g/mol. The number of benzene rings is 1. The maximum atomic E-state index is 11.8. The van der Waals surface area contributed by atoms with Gasteiger partial charge in [-0.3, -0.25) is 14.9 Å². The molecule has 2 N–H and O–H groups in total. The number of halogens is 1. The maximum absolute atomic E-state index is 11.8. The van der Waals surface area contributed by atoms with Gasteiger partial charge in [-0.05, 0) is 24.5 Å². The van der Waals surface area contributed by atoms with E-state index in [9.17, 15) is 20.0 Å². The lowest BCUT2D eigenvalue weighted by molar-refractivity contribution is -0.384. The van der Waals surface area contributed by atoms with E-state index in [0.717, 1.165) is 0 Å². The Hall–Kier alpha value is -1.66. The molecule has 0 spiro atoms. The van der Waals surface area contributed by atoms with Crippen LogP contribution < -0.4 is 5.32 Å². The van der Waals surface area contributed by atoms with Crippen LogP contribution in [0, 0.1) is 16.0 Å². The maximum Gasteiger partial charge on any atom is 0.287 e. The van der Waals surface area contributed by atoms with Gasteiger partial charge in [0.05, 0.1) is 11.0 Å². The van der Waals surface area contributed by atoms with Gasteiger partial charge in [0.15, 0.2) is 0 Å². The number of nitro groups is 1. The van der Waals surface area contributed by atoms with Crippen LogP contribution in [0.2, 0.25) is 5.02 Å². The van der Waals surface area contributed by atoms with Gasteiger partial charge >= 0.3 is 0 Å². The lowest BCUT2D eigenvalue weighted by atomic mass is 10.1. The minimum Gasteiger partial charge on any atom is -0.391 e. The van der Waals surface area contributed by atoms with Gasteiger partial charge in [0.25, 0.3) is 11.6 Å². The number of aliphatic hydroxyl groups excluding tert-OH is 1. The van der Waals surface area contributed by atoms with Crippen LogP contribution in [0.5, 0.6) is 0 Å². The summed E-state index contributed by atoms with van der Waals surface area (Å²) in [6.07, 6.45) is -0.0335. The molecule has 7 heteroatoms. The van der Waals surface area contributed by atoms with Crippen molar-refractivity contribution in [2.24, 2.45) is 5.92 Å². The molecule has 6 nitrogen and oxygen atoms in total. The Balaban J connectivity index is 2.64. The molecule has 1 atom stereocenters. The molecule has 0 aliphatic heterocycles. The van der Waals surface area contributed by atoms with Crippen molar-refractivity contribution in [2.45, 2.75) is 26.4 Å². The molecule has 0 saturated carbocycles. The molecule has 20 heavy (non-hydrogen) atoms. The van der Waals surface area contributed by atoms with Crippen molar-refractivity contribution >= 4 is 23.2 Å². The van der Waals surface area contributed by atoms with E-state index in [1.165, 1.54) is 18.2 Å². The second-order valence-corrected chi connectivity index (χ2v) is 5.32. The summed E-state index contributed by atoms with van der Waals surface area (Å²) < 4.78 is 0. The molecule has 1 unspecified atom stereocenters. The Labute approximate surface area is 121 Å². The Morgan fingerprint density at radius 1 is 1.50 bits per heavy atom. The Morgan fingerprint density at radius 3 is 2.65 bits per heavy atom. The standard InChI is InChI=1S/C13H17ClN2O4/c1-8(2)5-10(17)7-15-13(18)9-3-4-12(16(19)20)11(14)6-9/h3-4,6,8,10,17H,5,7H2,1-2H3,(H,15,18). The molecule has 0 aliphatic carbocycles. The fourth-order valence-corrected chi connectivity index (χ4v) is 1.99. The van der Waals surface area contributed by atoms with Crippen LogP contribution in [0.15, 0.2) is 18.2 Å². The van der Waals surface area contributed by atoms with Crippen LogP contribution >= 0.6 is 11.6 Å². The van der Waals surface area contributed by atoms with Gasteiger partial charge in [0.2, 0.25) is 0 Å². The molecule has 0 aliphatic rings. The van der Waals surface area contributed by atoms with Crippen molar-refractivity contribution in [1.82, 2.24) is 5.32 Å². The topological polar surface area (TPSA) is 92.5 Å². The van der Waals surface area contributed by atoms with Crippen LogP contribution in [0.3, 0.4) is 0 Å². The van der Waals surface area contributed by atoms with E-state index in [0.29, 0.717) is 12.3 Å². The van der Waals surface area contributed by atoms with Gasteiger partial charge in [-0.1, -0.05) is 25.4 Å². The van der Waals surface area contributed by atoms with Crippen LogP contribution in [-0.2, 0) is 0 Å². The van der Waals surface area contributed by atoms with Crippen LogP contribution in [-0.4, -0.2) is 28.6 Å². The van der Waals surface area contributed by atoms with E-state index in [1.807, 2.05) is 13.8 Å². The molecule has 1 amide bonds. The van der Waals surface area contributed by atoms with Crippen LogP contribution in [0.25, 0.3) is 0 Å². The first-order chi connectivity index (χ1) is 9.31. The number of aliphatic hydroxyl groups is 1. The number of rotatable bonds is 6. The van der Waals surface area contributed by atoms with Crippen LogP contribution in [0.4, 0.5) is 5.69 Å². The minimum absolute atomic E-state index is 0.0922. The van der Waals surface area contributed by atoms with E-state index in [2.05, 4.69) is 5.32 Å². The lowest BCUT2D eigenvalue weighted by Gasteiger charge is -2.13. The largest absolute Gasteiger partial charge is 0.391 e. The van der Waals surface area contributed by atoms with E-state index in [4.69, 9.17) is 11.6 Å². The average Bonchev–Trinajstić information content (AvgIpc) is 2.34. The monoisotopic (exact) mass is 300 g/mol. The van der Waals surface area contributed by atoms with Crippen molar-refractivity contribution in [3.63, 3.8) is 0 Å². The number of hydrogen-bond acceptors (Lipinski definition) is 4. The predicted molar refractivity (Wildman–Crippen MR) is 75.9 cm³/mol. The number of nitro benzene ring substituents is 1. The Kier molecular flexibility index (Phi) is 5.91. The highest BCUT2D eigenvalue weighted by Gasteiger charge is 2.16. The van der Waals surface area contributed by atoms with E-state index >= 15 is 0 Å². The van der Waals surface area contributed by atoms with Gasteiger partial charge < -0.3 is 10.4 Å². The van der Waals surface area contributed by atoms with E-state index in [1.54, 1.807) is 0 Å². The summed E-state index contributed by atoms with van der Waals surface area (Å²) in [4.78, 5) is 21.8. The smallest absolute Gasteiger partial charge is 0.287 e. The molecule has 0 heterocycles. The van der Waals surface area contributed by atoms with Crippen molar-refractivity contribution in [3.8, 4) is 0 Å². The highest BCUT2D eigenvalue weighted by molar-refractivity contribution is 6.33. The molecule has 1 aromatic rings. The van der Waals surface area contributed by atoms with Crippen molar-refractivity contribution in [1.29, 1.82) is 0 Å². The third-order valence-corrected chi connectivity index (χ3v) is 2.95. The summed E-state index contributed by atoms with van der Waals surface area (Å²) in [5, 5.41) is 22.7. The fourth-order valence-electron chi connectivity index (χ4n) is 1.74. The highest BCUT2D eigenvalue weighted by Crippen LogP contribution is 2.24. The van der Waals surface area contributed by atoms with Crippen molar-refractivity contribution in [2.75, 3.05) is 6.54 Å². The third-order valence-electron chi connectivity index (χ3n) is 2.65. The summed E-state index contributed by atoms with van der Waals surface area (Å²) in [7, 11) is 0. The number of amides is 1. The summed E-state index contributed by atoms with van der Waals surface area (Å²) in [6.45, 7) is 4.08. The van der Waals surface area contributed by atoms with Crippen molar-refractivity contribution < 1.29 is 14.8 Å². The van der Waals surface area contributed by atoms with Gasteiger partial charge in [0.1, 0.15) is 5.02 Å². The molecule has 110 valence electrons. The SMILES string of the molecule is CC(C)CC(O)CNC(=O)c1ccc([N+](=O)[O-])c(Cl)c1. The number of hydrogen-bond donors (Lipinski definition) is 2. The molecule has 0 bridgehead atoms. The molecular weight excluding hydrogens is 284 g/mol. The number of nitrogens with zero attached hydrogens (tertiary/aromatic N) is 1. The molecule has 0 radical (unpaired) electrons. The van der Waals surface area contributed by atoms with Gasteiger partial charge in [-0.25, -0.2) is 0 Å². The zero-order chi connectivity index (χ0) is 15.3. The number of carbonyl (C=O) groups is 1. The third kappa shape index (κ3) is 4.79. The molecule has 0 fully saturated rings. The summed E-state index contributed by atoms with van der Waals surface area (Å²) >= 11 is 5.73. The molecular formula is C13H17ClN2O4. The predicted octanol–water partition coefficient (Wildman–Crippen LogP) is 2.39. The van der Waals surface area contributed by atoms with Gasteiger partial charge in [0, 0.05) is 18.2 Å². The first-order valence-corrected chi connectivity index (χ1v) is 6.59. The Bertz CT molecular complexity index is 505. The zero-order valence-electron chi connectivity index (χ0n) is 11.3. The van der Waals surface area contributed by atoms with Crippen molar-refractivity contribution in [3.05, 3.63) is 38.9 Å². The summed E-state index contributed by atoms with van der Waals surface area (Å²) in [6, 6.07) is 3.75. The summed E-state index contributed by atoms with van der Waals surface area (Å²) in [5.41, 5.74) is -0.0274. The normalized spacial score (nSPS) is 12.2. The molecule has 0 aromatic heterocycles. The summed E-state index contributed by atoms with van der Waals surface area (Å²) in [5.74, 6) is -0.0969. The van der Waals surface area contributed by atoms with E-state index < -0.39 is 16.9 Å². The Morgan fingerprint density at radius 2 is 2.15 bits per heavy atom. The number of nitrogens with one attached hydrogen (secondary N) is 1. The highest BCUT2D eigenvalue weighted by atomic mass is 35.5. The first kappa shape index (κ1) is 16.4.